The number of fused-ring (bicyclic) bond motifs is 2. The van der Waals surface area contributed by atoms with Crippen molar-refractivity contribution in [3.8, 4) is 56.4 Å². The van der Waals surface area contributed by atoms with Gasteiger partial charge in [-0.05, 0) is 72.8 Å². The topological polar surface area (TPSA) is 35.6 Å². The average Bonchev–Trinajstić information content (AvgIpc) is 3.86. The maximum atomic E-state index is 15.8. The Labute approximate surface area is 370 Å². The number of aromatic nitrogens is 4. The molecule has 0 radical (unpaired) electrons. The second-order valence-electron chi connectivity index (χ2n) is 15.5. The summed E-state index contributed by atoms with van der Waals surface area (Å²) in [6, 6.07) is 57.0. The summed E-state index contributed by atoms with van der Waals surface area (Å²) in [6.07, 6.45) is 0. The quantitative estimate of drug-likeness (QED) is 0.112. The van der Waals surface area contributed by atoms with Gasteiger partial charge in [0.1, 0.15) is 0 Å². The molecule has 10 rings (SSSR count). The van der Waals surface area contributed by atoms with Crippen LogP contribution in [0, 0.1) is 35.4 Å². The van der Waals surface area contributed by atoms with Gasteiger partial charge in [0.25, 0.3) is 0 Å². The molecule has 0 aliphatic rings. The van der Waals surface area contributed by atoms with Crippen molar-refractivity contribution in [1.82, 2.24) is 19.1 Å². The van der Waals surface area contributed by atoms with Crippen LogP contribution in [-0.2, 0) is 26.5 Å². The minimum Gasteiger partial charge on any atom is -0.310 e. The Morgan fingerprint density at radius 3 is 1.26 bits per heavy atom. The first-order chi connectivity index (χ1) is 29.6. The molecule has 4 heterocycles. The van der Waals surface area contributed by atoms with Crippen molar-refractivity contribution in [3.63, 3.8) is 0 Å². The molecule has 10 aromatic rings. The molecule has 62 heavy (non-hydrogen) atoms. The van der Waals surface area contributed by atoms with E-state index in [1.807, 2.05) is 135 Å². The Kier molecular flexibility index (Phi) is 10.6. The maximum Gasteiger partial charge on any atom is 2.00 e. The third kappa shape index (κ3) is 7.24. The first kappa shape index (κ1) is 40.5. The molecular formula is C53H34F4N4Pt. The van der Waals surface area contributed by atoms with Gasteiger partial charge in [0.15, 0.2) is 0 Å². The second-order valence-corrected chi connectivity index (χ2v) is 15.5. The molecule has 0 aliphatic carbocycles. The SMILES string of the molecule is CC(C)(c1cc(-n2c(-c3ccccc3)cc3ccccc32)cc(-c2[c-]cc(F)cc2F)n1)c1cc(-n2c(-c3ccccc3)cc3ccccc32)cc(-c2[c-]cc(F)cc2F)n1.[Pt+2]. The van der Waals surface area contributed by atoms with Crippen molar-refractivity contribution in [1.29, 1.82) is 0 Å². The van der Waals surface area contributed by atoms with Crippen LogP contribution in [0.25, 0.3) is 78.2 Å². The van der Waals surface area contributed by atoms with Gasteiger partial charge in [0, 0.05) is 62.2 Å². The summed E-state index contributed by atoms with van der Waals surface area (Å²) in [5.74, 6) is -3.14. The largest absolute Gasteiger partial charge is 2.00 e. The number of hydrogen-bond acceptors (Lipinski definition) is 2. The number of halogens is 4. The molecule has 0 saturated heterocycles. The number of benzene rings is 6. The van der Waals surface area contributed by atoms with Gasteiger partial charge in [-0.3, -0.25) is 17.6 Å². The van der Waals surface area contributed by atoms with E-state index >= 15 is 8.78 Å². The minimum atomic E-state index is -1.06. The van der Waals surface area contributed by atoms with Crippen LogP contribution in [0.2, 0.25) is 0 Å². The Bertz CT molecular complexity index is 3070. The van der Waals surface area contributed by atoms with Crippen LogP contribution >= 0.6 is 0 Å². The van der Waals surface area contributed by atoms with E-state index in [0.717, 1.165) is 68.6 Å². The molecule has 304 valence electrons. The molecule has 0 amide bonds. The van der Waals surface area contributed by atoms with E-state index in [-0.39, 0.29) is 43.6 Å². The molecule has 0 fully saturated rings. The van der Waals surface area contributed by atoms with Gasteiger partial charge in [-0.2, -0.15) is 0 Å². The van der Waals surface area contributed by atoms with E-state index in [1.165, 1.54) is 0 Å². The third-order valence-electron chi connectivity index (χ3n) is 11.2. The normalized spacial score (nSPS) is 11.6. The number of para-hydroxylation sites is 2. The maximum absolute atomic E-state index is 15.8. The molecule has 6 aromatic carbocycles. The van der Waals surface area contributed by atoms with Crippen LogP contribution in [0.5, 0.6) is 0 Å². The van der Waals surface area contributed by atoms with Gasteiger partial charge in [0.05, 0.1) is 22.4 Å². The van der Waals surface area contributed by atoms with Crippen LogP contribution in [0.4, 0.5) is 17.6 Å². The fraction of sp³-hybridized carbons (Fsp3) is 0.0566. The predicted octanol–water partition coefficient (Wildman–Crippen LogP) is 13.5. The zero-order chi connectivity index (χ0) is 41.8. The summed E-state index contributed by atoms with van der Waals surface area (Å²) in [7, 11) is 0. The molecule has 0 saturated carbocycles. The molecule has 0 N–H and O–H groups in total. The van der Waals surface area contributed by atoms with Gasteiger partial charge in [0.2, 0.25) is 0 Å². The van der Waals surface area contributed by atoms with E-state index < -0.39 is 28.7 Å². The van der Waals surface area contributed by atoms with Crippen LogP contribution in [0.3, 0.4) is 0 Å². The minimum absolute atomic E-state index is 0. The molecule has 0 spiro atoms. The zero-order valence-corrected chi connectivity index (χ0v) is 35.6. The fourth-order valence-electron chi connectivity index (χ4n) is 8.11. The van der Waals surface area contributed by atoms with Crippen molar-refractivity contribution >= 4 is 21.8 Å². The van der Waals surface area contributed by atoms with Gasteiger partial charge in [-0.15, -0.1) is 24.3 Å². The van der Waals surface area contributed by atoms with Gasteiger partial charge in [-0.25, -0.2) is 0 Å². The summed E-state index contributed by atoms with van der Waals surface area (Å²) in [4.78, 5) is 10.2. The Morgan fingerprint density at radius 2 is 0.855 bits per heavy atom. The van der Waals surface area contributed by atoms with Crippen LogP contribution in [0.1, 0.15) is 25.2 Å². The number of hydrogen-bond donors (Lipinski definition) is 0. The van der Waals surface area contributed by atoms with E-state index in [0.29, 0.717) is 22.8 Å². The summed E-state index contributed by atoms with van der Waals surface area (Å²) in [6.45, 7) is 3.90. The molecule has 0 aliphatic heterocycles. The first-order valence-corrected chi connectivity index (χ1v) is 19.7. The van der Waals surface area contributed by atoms with Crippen molar-refractivity contribution in [2.24, 2.45) is 0 Å². The molecule has 0 unspecified atom stereocenters. The van der Waals surface area contributed by atoms with Crippen molar-refractivity contribution in [3.05, 3.63) is 217 Å². The summed E-state index contributed by atoms with van der Waals surface area (Å²) >= 11 is 0. The van der Waals surface area contributed by atoms with E-state index in [9.17, 15) is 8.78 Å². The summed E-state index contributed by atoms with van der Waals surface area (Å²) < 4.78 is 64.4. The Hall–Kier alpha value is -6.89. The number of pyridine rings is 2. The third-order valence-corrected chi connectivity index (χ3v) is 11.2. The molecule has 0 atom stereocenters. The summed E-state index contributed by atoms with van der Waals surface area (Å²) in [5, 5.41) is 1.98. The Balaban J connectivity index is 0.00000490. The second kappa shape index (κ2) is 16.2. The smallest absolute Gasteiger partial charge is 0.310 e. The zero-order valence-electron chi connectivity index (χ0n) is 33.3. The monoisotopic (exact) mass is 997 g/mol. The van der Waals surface area contributed by atoms with Crippen LogP contribution in [-0.4, -0.2) is 19.1 Å². The van der Waals surface area contributed by atoms with Crippen molar-refractivity contribution in [2.45, 2.75) is 19.3 Å². The van der Waals surface area contributed by atoms with Gasteiger partial charge in [-0.1, -0.05) is 132 Å². The predicted molar refractivity (Wildman–Crippen MR) is 234 cm³/mol. The Morgan fingerprint density at radius 1 is 0.468 bits per heavy atom. The van der Waals surface area contributed by atoms with Gasteiger partial charge < -0.3 is 19.1 Å². The van der Waals surface area contributed by atoms with Crippen LogP contribution in [0.15, 0.2) is 170 Å². The molecule has 4 aromatic heterocycles. The van der Waals surface area contributed by atoms with E-state index in [2.05, 4.69) is 33.4 Å². The average molecular weight is 998 g/mol. The first-order valence-electron chi connectivity index (χ1n) is 19.7. The van der Waals surface area contributed by atoms with E-state index in [1.54, 1.807) is 12.1 Å². The molecule has 4 nitrogen and oxygen atoms in total. The molecular weight excluding hydrogens is 964 g/mol. The number of rotatable bonds is 8. The van der Waals surface area contributed by atoms with Gasteiger partial charge >= 0.3 is 21.1 Å². The number of nitrogens with zero attached hydrogens (tertiary/aromatic N) is 4. The fourth-order valence-corrected chi connectivity index (χ4v) is 8.11. The molecule has 0 bridgehead atoms. The standard InChI is InChI=1S/C53H34F4N4.Pt/c1-53(2,51-31-39(29-45(58-51)41-23-21-37(54)27-43(41)56)60-47-19-11-9-17-35(47)25-49(60)33-13-5-3-6-14-33)52-32-40(30-46(59-52)42-24-22-38(55)28-44(42)57)61-48-20-12-10-18-36(48)26-50(61)34-15-7-4-8-16-34;/h3-22,25-32H,1-2H3;/q-2;+2. The summed E-state index contributed by atoms with van der Waals surface area (Å²) in [5.41, 5.74) is 7.23. The molecule has 9 heteroatoms. The van der Waals surface area contributed by atoms with Crippen LogP contribution < -0.4 is 0 Å². The van der Waals surface area contributed by atoms with Crippen molar-refractivity contribution < 1.29 is 38.6 Å². The van der Waals surface area contributed by atoms with E-state index in [4.69, 9.17) is 9.97 Å². The van der Waals surface area contributed by atoms with Crippen molar-refractivity contribution in [2.75, 3.05) is 0 Å².